The van der Waals surface area contributed by atoms with Gasteiger partial charge in [0, 0.05) is 30.7 Å². The molecule has 0 bridgehead atoms. The number of carboxylic acids is 1. The lowest BCUT2D eigenvalue weighted by atomic mass is 10.1. The molecule has 20 heavy (non-hydrogen) atoms. The van der Waals surface area contributed by atoms with Crippen molar-refractivity contribution in [1.29, 1.82) is 0 Å². The third-order valence-corrected chi connectivity index (χ3v) is 2.58. The van der Waals surface area contributed by atoms with Crippen LogP contribution in [0.2, 0.25) is 0 Å². The SMILES string of the molecule is C=C/N=C/C=C\C(=C\C(=O)O)NCc1ccccc1C. The third kappa shape index (κ3) is 5.82. The van der Waals surface area contributed by atoms with E-state index >= 15 is 0 Å². The van der Waals surface area contributed by atoms with Gasteiger partial charge < -0.3 is 10.4 Å². The molecule has 4 nitrogen and oxygen atoms in total. The van der Waals surface area contributed by atoms with Crippen LogP contribution in [0.25, 0.3) is 0 Å². The van der Waals surface area contributed by atoms with E-state index in [9.17, 15) is 4.79 Å². The topological polar surface area (TPSA) is 61.7 Å². The molecule has 0 amide bonds. The summed E-state index contributed by atoms with van der Waals surface area (Å²) in [6.07, 6.45) is 7.38. The van der Waals surface area contributed by atoms with E-state index in [0.717, 1.165) is 17.2 Å². The fraction of sp³-hybridized carbons (Fsp3) is 0.125. The van der Waals surface area contributed by atoms with Gasteiger partial charge in [0.1, 0.15) is 0 Å². The number of carboxylic acid groups (broad SMARTS) is 1. The van der Waals surface area contributed by atoms with E-state index in [0.29, 0.717) is 12.2 Å². The molecule has 1 aromatic rings. The molecule has 0 spiro atoms. The number of aliphatic imine (C=N–C) groups is 1. The zero-order valence-corrected chi connectivity index (χ0v) is 11.4. The highest BCUT2D eigenvalue weighted by molar-refractivity contribution is 5.81. The summed E-state index contributed by atoms with van der Waals surface area (Å²) in [5, 5.41) is 11.9. The molecule has 0 aliphatic rings. The van der Waals surface area contributed by atoms with Gasteiger partial charge in [0.05, 0.1) is 0 Å². The second-order valence-electron chi connectivity index (χ2n) is 4.06. The van der Waals surface area contributed by atoms with Gasteiger partial charge in [0.2, 0.25) is 0 Å². The second kappa shape index (κ2) is 8.48. The van der Waals surface area contributed by atoms with Crippen molar-refractivity contribution in [3.63, 3.8) is 0 Å². The summed E-state index contributed by atoms with van der Waals surface area (Å²) in [7, 11) is 0. The summed E-state index contributed by atoms with van der Waals surface area (Å²) in [4.78, 5) is 14.6. The molecule has 0 aromatic heterocycles. The maximum atomic E-state index is 10.8. The Kier molecular flexibility index (Phi) is 6.54. The van der Waals surface area contributed by atoms with Crippen LogP contribution in [0, 0.1) is 6.92 Å². The molecule has 0 atom stereocenters. The third-order valence-electron chi connectivity index (χ3n) is 2.58. The van der Waals surface area contributed by atoms with Gasteiger partial charge in [-0.3, -0.25) is 4.99 Å². The van der Waals surface area contributed by atoms with Crippen LogP contribution in [-0.2, 0) is 11.3 Å². The molecule has 0 aliphatic carbocycles. The Bertz CT molecular complexity index is 557. The molecular formula is C16H18N2O2. The van der Waals surface area contributed by atoms with Crippen LogP contribution in [0.5, 0.6) is 0 Å². The Morgan fingerprint density at radius 3 is 2.85 bits per heavy atom. The first-order valence-electron chi connectivity index (χ1n) is 6.17. The maximum Gasteiger partial charge on any atom is 0.330 e. The fourth-order valence-corrected chi connectivity index (χ4v) is 1.55. The molecule has 0 radical (unpaired) electrons. The van der Waals surface area contributed by atoms with Crippen LogP contribution in [0.3, 0.4) is 0 Å². The van der Waals surface area contributed by atoms with E-state index in [-0.39, 0.29) is 0 Å². The average Bonchev–Trinajstić information content (AvgIpc) is 2.41. The first kappa shape index (κ1) is 15.4. The summed E-state index contributed by atoms with van der Waals surface area (Å²) < 4.78 is 0. The highest BCUT2D eigenvalue weighted by Gasteiger charge is 1.99. The lowest BCUT2D eigenvalue weighted by Crippen LogP contribution is -2.13. The fourth-order valence-electron chi connectivity index (χ4n) is 1.55. The molecule has 2 N–H and O–H groups in total. The van der Waals surface area contributed by atoms with Crippen molar-refractivity contribution in [1.82, 2.24) is 5.32 Å². The molecule has 0 heterocycles. The van der Waals surface area contributed by atoms with Gasteiger partial charge in [0.25, 0.3) is 0 Å². The molecule has 0 saturated carbocycles. The number of nitrogens with one attached hydrogen (secondary N) is 1. The standard InChI is InChI=1S/C16H18N2O2/c1-3-17-10-6-9-15(11-16(19)20)18-12-14-8-5-4-7-13(14)2/h3-11,18H,1,12H2,2H3,(H,19,20)/b9-6-,15-11-,17-10+. The first-order valence-corrected chi connectivity index (χ1v) is 6.17. The summed E-state index contributed by atoms with van der Waals surface area (Å²) >= 11 is 0. The highest BCUT2D eigenvalue weighted by atomic mass is 16.4. The van der Waals surface area contributed by atoms with Crippen LogP contribution in [0.15, 0.2) is 66.0 Å². The minimum absolute atomic E-state index is 0.510. The van der Waals surface area contributed by atoms with Gasteiger partial charge >= 0.3 is 5.97 Å². The van der Waals surface area contributed by atoms with E-state index < -0.39 is 5.97 Å². The van der Waals surface area contributed by atoms with E-state index in [4.69, 9.17) is 5.11 Å². The molecule has 0 fully saturated rings. The number of aliphatic carboxylic acids is 1. The van der Waals surface area contributed by atoms with E-state index in [1.165, 1.54) is 12.4 Å². The Labute approximate surface area is 118 Å². The number of hydrogen-bond acceptors (Lipinski definition) is 3. The minimum Gasteiger partial charge on any atom is -0.478 e. The molecule has 4 heteroatoms. The predicted octanol–water partition coefficient (Wildman–Crippen LogP) is 2.82. The quantitative estimate of drug-likeness (QED) is 0.455. The second-order valence-corrected chi connectivity index (χ2v) is 4.06. The zero-order valence-electron chi connectivity index (χ0n) is 11.4. The molecule has 1 aromatic carbocycles. The minimum atomic E-state index is -0.998. The number of carbonyl (C=O) groups is 1. The van der Waals surface area contributed by atoms with E-state index in [2.05, 4.69) is 16.9 Å². The van der Waals surface area contributed by atoms with Crippen molar-refractivity contribution in [2.45, 2.75) is 13.5 Å². The predicted molar refractivity (Wildman–Crippen MR) is 81.6 cm³/mol. The van der Waals surface area contributed by atoms with Crippen molar-refractivity contribution in [3.8, 4) is 0 Å². The Hall–Kier alpha value is -2.62. The van der Waals surface area contributed by atoms with Crippen molar-refractivity contribution in [2.75, 3.05) is 0 Å². The van der Waals surface area contributed by atoms with Crippen LogP contribution >= 0.6 is 0 Å². The molecule has 0 saturated heterocycles. The van der Waals surface area contributed by atoms with Gasteiger partial charge in [-0.1, -0.05) is 30.8 Å². The number of aryl methyl sites for hydroxylation is 1. The van der Waals surface area contributed by atoms with E-state index in [1.54, 1.807) is 12.2 Å². The summed E-state index contributed by atoms with van der Waals surface area (Å²) in [6, 6.07) is 7.95. The van der Waals surface area contributed by atoms with Gasteiger partial charge in [-0.2, -0.15) is 0 Å². The highest BCUT2D eigenvalue weighted by Crippen LogP contribution is 2.07. The van der Waals surface area contributed by atoms with Crippen molar-refractivity contribution < 1.29 is 9.90 Å². The summed E-state index contributed by atoms with van der Waals surface area (Å²) in [5.41, 5.74) is 2.79. The van der Waals surface area contributed by atoms with Gasteiger partial charge in [-0.05, 0) is 30.2 Å². The number of hydrogen-bond donors (Lipinski definition) is 2. The van der Waals surface area contributed by atoms with Gasteiger partial charge in [0.15, 0.2) is 0 Å². The van der Waals surface area contributed by atoms with Gasteiger partial charge in [-0.15, -0.1) is 0 Å². The molecule has 104 valence electrons. The Balaban J connectivity index is 2.73. The lowest BCUT2D eigenvalue weighted by Gasteiger charge is -2.09. The van der Waals surface area contributed by atoms with Crippen molar-refractivity contribution in [2.24, 2.45) is 4.99 Å². The molecule has 0 aliphatic heterocycles. The average molecular weight is 270 g/mol. The monoisotopic (exact) mass is 270 g/mol. The molecule has 1 rings (SSSR count). The largest absolute Gasteiger partial charge is 0.478 e. The number of nitrogens with zero attached hydrogens (tertiary/aromatic N) is 1. The molecular weight excluding hydrogens is 252 g/mol. The zero-order chi connectivity index (χ0) is 14.8. The number of benzene rings is 1. The van der Waals surface area contributed by atoms with E-state index in [1.807, 2.05) is 31.2 Å². The lowest BCUT2D eigenvalue weighted by molar-refractivity contribution is -0.131. The van der Waals surface area contributed by atoms with Crippen LogP contribution in [0.4, 0.5) is 0 Å². The summed E-state index contributed by atoms with van der Waals surface area (Å²) in [5.74, 6) is -0.998. The number of rotatable bonds is 7. The Morgan fingerprint density at radius 2 is 2.20 bits per heavy atom. The van der Waals surface area contributed by atoms with Gasteiger partial charge in [-0.25, -0.2) is 4.79 Å². The molecule has 0 unspecified atom stereocenters. The first-order chi connectivity index (χ1) is 9.63. The number of allylic oxidation sites excluding steroid dienone is 2. The van der Waals surface area contributed by atoms with Crippen LogP contribution in [-0.4, -0.2) is 17.3 Å². The smallest absolute Gasteiger partial charge is 0.330 e. The van der Waals surface area contributed by atoms with Crippen molar-refractivity contribution in [3.05, 3.63) is 72.1 Å². The Morgan fingerprint density at radius 1 is 1.45 bits per heavy atom. The normalized spacial score (nSPS) is 11.9. The van der Waals surface area contributed by atoms with Crippen LogP contribution in [0.1, 0.15) is 11.1 Å². The summed E-state index contributed by atoms with van der Waals surface area (Å²) in [6.45, 7) is 6.04. The van der Waals surface area contributed by atoms with Crippen molar-refractivity contribution >= 4 is 12.2 Å². The van der Waals surface area contributed by atoms with Crippen LogP contribution < -0.4 is 5.32 Å². The maximum absolute atomic E-state index is 10.8.